The summed E-state index contributed by atoms with van der Waals surface area (Å²) in [5.41, 5.74) is 11.6. The molecule has 3 aromatic rings. The maximum atomic E-state index is 11.2. The quantitative estimate of drug-likeness (QED) is 0.0562. The van der Waals surface area contributed by atoms with E-state index in [9.17, 15) is 18.9 Å². The fraction of sp³-hybridized carbons (Fsp3) is 0.571. The van der Waals surface area contributed by atoms with Gasteiger partial charge in [0.25, 0.3) is 5.56 Å². The number of fused-ring (bicyclic) bond motifs is 3. The second-order valence-corrected chi connectivity index (χ2v) is 19.3. The van der Waals surface area contributed by atoms with Gasteiger partial charge in [0.15, 0.2) is 0 Å². The van der Waals surface area contributed by atoms with E-state index in [1.54, 1.807) is 6.92 Å². The van der Waals surface area contributed by atoms with E-state index in [-0.39, 0.29) is 30.6 Å². The number of H-pyrrole nitrogens is 1. The molecule has 0 aromatic carbocycles. The van der Waals surface area contributed by atoms with Crippen molar-refractivity contribution in [1.82, 2.24) is 29.9 Å². The summed E-state index contributed by atoms with van der Waals surface area (Å²) in [4.78, 5) is 57.1. The third-order valence-electron chi connectivity index (χ3n) is 7.86. The fourth-order valence-electron chi connectivity index (χ4n) is 5.79. The van der Waals surface area contributed by atoms with Gasteiger partial charge in [-0.2, -0.15) is 0 Å². The number of aromatic amines is 1. The molecule has 18 heteroatoms. The normalized spacial score (nSPS) is 15.6. The Bertz CT molecular complexity index is 1790. The number of halogens is 4. The van der Waals surface area contributed by atoms with Crippen molar-refractivity contribution in [1.29, 1.82) is 5.41 Å². The molecule has 1 unspecified atom stereocenters. The molecule has 7 rings (SSSR count). The number of aryl methyl sites for hydroxylation is 7. The smallest absolute Gasteiger partial charge is 0.339 e. The van der Waals surface area contributed by atoms with Crippen molar-refractivity contribution < 1.29 is 18.9 Å². The van der Waals surface area contributed by atoms with Crippen LogP contribution < -0.4 is 11.3 Å². The minimum atomic E-state index is -3.22. The molecule has 0 spiro atoms. The zero-order valence-corrected chi connectivity index (χ0v) is 34.1. The third-order valence-corrected chi connectivity index (χ3v) is 8.18. The fourth-order valence-corrected chi connectivity index (χ4v) is 6.12. The standard InChI is InChI=1S/C8H9ClN2.C8H10N2O.C8H10N2.C8H12O3.C2H6N2.CH4.Cl3OP/c1-5-10-7-4-2-3-6(7)8(9)11-5;1-5-9-7-4-2-3-6(7)8(11)10-5;1-6-9-5-7-3-2-4-8(7)10-6;1-2-11-8(10)6-4-3-5-7(6)9;1-2(3)4;;1-5(2,3)4/h2-4H2,1H3;2-4H2,1H3,(H,9,10,11);5H,2-4H2,1H3;6H,2-5H2,1H3;1H3,(H3,3,4);1H4;. The van der Waals surface area contributed by atoms with Crippen LogP contribution in [0, 0.1) is 32.1 Å². The Morgan fingerprint density at radius 3 is 1.98 bits per heavy atom. The number of nitrogens with one attached hydrogen (secondary N) is 2. The van der Waals surface area contributed by atoms with Gasteiger partial charge in [-0.1, -0.05) is 19.0 Å². The van der Waals surface area contributed by atoms with Gasteiger partial charge in [0.1, 0.15) is 34.3 Å². The lowest BCUT2D eigenvalue weighted by Gasteiger charge is -2.05. The van der Waals surface area contributed by atoms with E-state index in [0.717, 1.165) is 84.9 Å². The number of Topliss-reactive ketones (excluding diaryl/α,β-unsaturated/α-hetero) is 1. The molecule has 53 heavy (non-hydrogen) atoms. The summed E-state index contributed by atoms with van der Waals surface area (Å²) in [6.45, 7) is 9.28. The van der Waals surface area contributed by atoms with Gasteiger partial charge in [-0.05, 0) is 145 Å². The van der Waals surface area contributed by atoms with E-state index in [4.69, 9.17) is 27.5 Å². The van der Waals surface area contributed by atoms with Gasteiger partial charge in [0, 0.05) is 35.1 Å². The highest BCUT2D eigenvalue weighted by Gasteiger charge is 2.31. The number of esters is 1. The van der Waals surface area contributed by atoms with Crippen molar-refractivity contribution in [3.05, 3.63) is 72.9 Å². The number of carbonyl (C=O) groups is 2. The molecule has 1 fully saturated rings. The van der Waals surface area contributed by atoms with Crippen molar-refractivity contribution in [2.75, 3.05) is 6.61 Å². The molecule has 0 amide bonds. The van der Waals surface area contributed by atoms with Gasteiger partial charge >= 0.3 is 11.2 Å². The molecule has 0 saturated heterocycles. The van der Waals surface area contributed by atoms with E-state index in [1.165, 1.54) is 37.4 Å². The Balaban J connectivity index is 0.000000327. The lowest BCUT2D eigenvalue weighted by molar-refractivity contribution is -0.150. The minimum Gasteiger partial charge on any atom is -0.465 e. The van der Waals surface area contributed by atoms with Crippen LogP contribution in [-0.2, 0) is 57.4 Å². The van der Waals surface area contributed by atoms with Crippen LogP contribution in [0.2, 0.25) is 5.15 Å². The van der Waals surface area contributed by atoms with Crippen LogP contribution in [0.4, 0.5) is 0 Å². The molecule has 0 radical (unpaired) electrons. The van der Waals surface area contributed by atoms with E-state index in [2.05, 4.69) is 63.6 Å². The lowest BCUT2D eigenvalue weighted by Crippen LogP contribution is -2.21. The molecule has 13 nitrogen and oxygen atoms in total. The highest BCUT2D eigenvalue weighted by molar-refractivity contribution is 8.24. The van der Waals surface area contributed by atoms with E-state index >= 15 is 0 Å². The second kappa shape index (κ2) is 23.7. The highest BCUT2D eigenvalue weighted by atomic mass is 36.0. The Morgan fingerprint density at radius 1 is 0.887 bits per heavy atom. The predicted octanol–water partition coefficient (Wildman–Crippen LogP) is 8.08. The van der Waals surface area contributed by atoms with E-state index in [0.29, 0.717) is 24.6 Å². The first kappa shape index (κ1) is 48.1. The SMILES string of the molecule is C.CC(=N)N.CCOC(=O)C1CCCC1=O.Cc1nc(Cl)c2c(n1)CCC2.Cc1nc2c(c(=O)[nH]1)CCC2.Cc1ncc2c(n1)CCC2.O=P(Cl)(Cl)Cl. The van der Waals surface area contributed by atoms with Crippen LogP contribution in [0.15, 0.2) is 11.0 Å². The van der Waals surface area contributed by atoms with Crippen LogP contribution >= 0.6 is 50.5 Å². The molecule has 1 atom stereocenters. The van der Waals surface area contributed by atoms with Crippen LogP contribution in [0.3, 0.4) is 0 Å². The molecule has 4 N–H and O–H groups in total. The first-order valence-corrected chi connectivity index (χ1v) is 21.8. The molecule has 0 bridgehead atoms. The number of amidine groups is 1. The average Bonchev–Trinajstić information content (AvgIpc) is 3.84. The largest absolute Gasteiger partial charge is 0.465 e. The number of hydrogen-bond acceptors (Lipinski definition) is 11. The van der Waals surface area contributed by atoms with Gasteiger partial charge in [-0.25, -0.2) is 24.9 Å². The highest BCUT2D eigenvalue weighted by Crippen LogP contribution is 2.61. The number of aromatic nitrogens is 6. The topological polar surface area (TPSA) is 208 Å². The predicted molar refractivity (Wildman–Crippen MR) is 213 cm³/mol. The summed E-state index contributed by atoms with van der Waals surface area (Å²) in [5, 5.41) is 3.71. The first-order valence-electron chi connectivity index (χ1n) is 17.0. The molecular formula is C35H51Cl4N8O5P. The Morgan fingerprint density at radius 2 is 1.42 bits per heavy atom. The first-order chi connectivity index (χ1) is 24.4. The van der Waals surface area contributed by atoms with Crippen LogP contribution in [0.5, 0.6) is 0 Å². The minimum absolute atomic E-state index is 0. The Hall–Kier alpha value is -2.96. The van der Waals surface area contributed by atoms with Crippen molar-refractivity contribution >= 4 is 68.1 Å². The number of ether oxygens (including phenoxy) is 1. The van der Waals surface area contributed by atoms with Crippen LogP contribution in [-0.4, -0.2) is 54.1 Å². The van der Waals surface area contributed by atoms with Gasteiger partial charge in [0.2, 0.25) is 0 Å². The summed E-state index contributed by atoms with van der Waals surface area (Å²) < 4.78 is 14.2. The van der Waals surface area contributed by atoms with Gasteiger partial charge < -0.3 is 15.5 Å². The summed E-state index contributed by atoms with van der Waals surface area (Å²) in [5.74, 6) is 1.85. The Kier molecular flexibility index (Phi) is 21.5. The average molecular weight is 837 g/mol. The molecule has 3 aromatic heterocycles. The number of nitrogens with zero attached hydrogens (tertiary/aromatic N) is 5. The molecule has 1 saturated carbocycles. The number of ketones is 1. The zero-order valence-electron chi connectivity index (χ0n) is 30.2. The molecular weight excluding hydrogens is 785 g/mol. The number of nitrogens with two attached hydrogens (primary N) is 1. The maximum Gasteiger partial charge on any atom is 0.339 e. The number of carbonyl (C=O) groups excluding carboxylic acids is 2. The zero-order chi connectivity index (χ0) is 39.0. The van der Waals surface area contributed by atoms with Crippen molar-refractivity contribution in [2.24, 2.45) is 11.7 Å². The van der Waals surface area contributed by atoms with Crippen LogP contribution in [0.1, 0.15) is 111 Å². The van der Waals surface area contributed by atoms with Gasteiger partial charge in [0.05, 0.1) is 18.1 Å². The Labute approximate surface area is 331 Å². The molecule has 4 aliphatic carbocycles. The lowest BCUT2D eigenvalue weighted by atomic mass is 10.1. The molecule has 3 heterocycles. The summed E-state index contributed by atoms with van der Waals surface area (Å²) in [7, 11) is 0. The van der Waals surface area contributed by atoms with Gasteiger partial charge in [-0.15, -0.1) is 0 Å². The molecule has 0 aliphatic heterocycles. The second-order valence-electron chi connectivity index (χ2n) is 12.3. The monoisotopic (exact) mass is 834 g/mol. The summed E-state index contributed by atoms with van der Waals surface area (Å²) in [6, 6.07) is 0. The summed E-state index contributed by atoms with van der Waals surface area (Å²) >= 11 is 19.8. The van der Waals surface area contributed by atoms with Gasteiger partial charge in [-0.3, -0.25) is 24.4 Å². The van der Waals surface area contributed by atoms with E-state index in [1.807, 2.05) is 27.0 Å². The number of hydrogen-bond donors (Lipinski definition) is 3. The molecule has 4 aliphatic rings. The van der Waals surface area contributed by atoms with Crippen LogP contribution in [0.25, 0.3) is 0 Å². The molecule has 294 valence electrons. The van der Waals surface area contributed by atoms with E-state index < -0.39 is 11.1 Å². The van der Waals surface area contributed by atoms with Crippen molar-refractivity contribution in [3.63, 3.8) is 0 Å². The number of rotatable bonds is 2. The van der Waals surface area contributed by atoms with Crippen molar-refractivity contribution in [2.45, 2.75) is 119 Å². The maximum absolute atomic E-state index is 11.2. The third kappa shape index (κ3) is 18.3. The van der Waals surface area contributed by atoms with Crippen molar-refractivity contribution in [3.8, 4) is 0 Å². The summed E-state index contributed by atoms with van der Waals surface area (Å²) in [6.07, 6.45) is 13.9.